The van der Waals surface area contributed by atoms with Gasteiger partial charge in [-0.3, -0.25) is 14.5 Å². The Bertz CT molecular complexity index is 626. The van der Waals surface area contributed by atoms with Crippen molar-refractivity contribution in [2.24, 2.45) is 5.92 Å². The number of nitrogens with zero attached hydrogens (tertiary/aromatic N) is 2. The van der Waals surface area contributed by atoms with Gasteiger partial charge in [0.25, 0.3) is 5.91 Å². The highest BCUT2D eigenvalue weighted by Gasteiger charge is 2.54. The third-order valence-electron chi connectivity index (χ3n) is 4.53. The molecule has 0 bridgehead atoms. The number of rotatable bonds is 5. The lowest BCUT2D eigenvalue weighted by Crippen LogP contribution is -2.49. The van der Waals surface area contributed by atoms with E-state index in [1.165, 1.54) is 4.90 Å². The smallest absolute Gasteiger partial charge is 0.312 e. The number of imide groups is 1. The molecule has 1 fully saturated rings. The first-order valence-corrected chi connectivity index (χ1v) is 7.14. The predicted molar refractivity (Wildman–Crippen MR) is 83.4 cm³/mol. The Labute approximate surface area is 130 Å². The molecule has 1 saturated heterocycles. The Hall–Kier alpha value is -2.43. The van der Waals surface area contributed by atoms with E-state index in [1.807, 2.05) is 6.92 Å². The van der Waals surface area contributed by atoms with E-state index in [0.29, 0.717) is 5.56 Å². The number of carbonyl (C=O) groups excluding carboxylic acids is 3. The van der Waals surface area contributed by atoms with Crippen molar-refractivity contribution < 1.29 is 14.4 Å². The van der Waals surface area contributed by atoms with Gasteiger partial charge in [-0.05, 0) is 6.92 Å². The molecule has 1 aromatic carbocycles. The second kappa shape index (κ2) is 5.75. The van der Waals surface area contributed by atoms with Crippen molar-refractivity contribution in [3.8, 4) is 0 Å². The maximum Gasteiger partial charge on any atom is 0.327 e. The molecule has 0 saturated carbocycles. The van der Waals surface area contributed by atoms with Crippen molar-refractivity contribution in [3.05, 3.63) is 48.6 Å². The first kappa shape index (κ1) is 15.9. The van der Waals surface area contributed by atoms with Crippen LogP contribution in [0.5, 0.6) is 0 Å². The van der Waals surface area contributed by atoms with Crippen LogP contribution in [-0.2, 0) is 4.79 Å². The third-order valence-corrected chi connectivity index (χ3v) is 4.53. The number of hydrogen-bond donors (Lipinski definition) is 0. The Morgan fingerprint density at radius 2 is 1.91 bits per heavy atom. The lowest BCUT2D eigenvalue weighted by atomic mass is 9.86. The van der Waals surface area contributed by atoms with Crippen LogP contribution in [0.25, 0.3) is 0 Å². The summed E-state index contributed by atoms with van der Waals surface area (Å²) in [6.45, 7) is 6.99. The normalized spacial score (nSPS) is 22.9. The molecule has 3 amide bonds. The molecule has 5 nitrogen and oxygen atoms in total. The first-order valence-electron chi connectivity index (χ1n) is 7.14. The number of hydrogen-bond acceptors (Lipinski definition) is 3. The van der Waals surface area contributed by atoms with Crippen LogP contribution in [0.3, 0.4) is 0 Å². The Morgan fingerprint density at radius 1 is 1.32 bits per heavy atom. The van der Waals surface area contributed by atoms with Gasteiger partial charge >= 0.3 is 6.03 Å². The van der Waals surface area contributed by atoms with Gasteiger partial charge < -0.3 is 4.90 Å². The van der Waals surface area contributed by atoms with Crippen molar-refractivity contribution in [2.45, 2.75) is 19.4 Å². The van der Waals surface area contributed by atoms with Gasteiger partial charge in [0, 0.05) is 18.5 Å². The monoisotopic (exact) mass is 300 g/mol. The molecule has 22 heavy (non-hydrogen) atoms. The maximum absolute atomic E-state index is 12.7. The van der Waals surface area contributed by atoms with Crippen LogP contribution in [0.15, 0.2) is 43.0 Å². The number of carbonyl (C=O) groups is 3. The number of amides is 3. The van der Waals surface area contributed by atoms with Gasteiger partial charge in [0.05, 0.1) is 6.54 Å². The summed E-state index contributed by atoms with van der Waals surface area (Å²) in [7, 11) is 1.58. The standard InChI is InChI=1S/C17H20N2O3/c1-5-12(2)17(3)15(21)19(16(22)18(17)4)11-14(20)13-9-7-6-8-10-13/h5-10,12H,1,11H2,2-4H3/t12?,17-/m1/s1. The molecule has 0 aromatic heterocycles. The second-order valence-corrected chi connectivity index (χ2v) is 5.69. The van der Waals surface area contributed by atoms with Crippen LogP contribution in [0, 0.1) is 5.92 Å². The van der Waals surface area contributed by atoms with Crippen LogP contribution in [0.1, 0.15) is 24.2 Å². The van der Waals surface area contributed by atoms with Crippen molar-refractivity contribution in [1.29, 1.82) is 0 Å². The van der Waals surface area contributed by atoms with Gasteiger partial charge in [-0.25, -0.2) is 4.79 Å². The van der Waals surface area contributed by atoms with Gasteiger partial charge in [-0.2, -0.15) is 0 Å². The first-order chi connectivity index (χ1) is 10.3. The van der Waals surface area contributed by atoms with Crippen molar-refractivity contribution >= 4 is 17.7 Å². The van der Waals surface area contributed by atoms with Crippen molar-refractivity contribution in [2.75, 3.05) is 13.6 Å². The highest BCUT2D eigenvalue weighted by atomic mass is 16.2. The summed E-state index contributed by atoms with van der Waals surface area (Å²) in [6.07, 6.45) is 1.64. The summed E-state index contributed by atoms with van der Waals surface area (Å²) in [5.41, 5.74) is -0.522. The molecule has 0 aliphatic carbocycles. The average Bonchev–Trinajstić information content (AvgIpc) is 2.71. The Kier molecular flexibility index (Phi) is 4.17. The molecule has 5 heteroatoms. The molecule has 0 N–H and O–H groups in total. The Balaban J connectivity index is 2.26. The summed E-state index contributed by atoms with van der Waals surface area (Å²) in [6, 6.07) is 8.18. The minimum absolute atomic E-state index is 0.217. The fraction of sp³-hybridized carbons (Fsp3) is 0.353. The highest BCUT2D eigenvalue weighted by molar-refractivity contribution is 6.11. The topological polar surface area (TPSA) is 57.7 Å². The molecule has 2 rings (SSSR count). The number of ketones is 1. The minimum atomic E-state index is -1.00. The molecule has 116 valence electrons. The van der Waals surface area contributed by atoms with E-state index in [4.69, 9.17) is 0 Å². The maximum atomic E-state index is 12.7. The van der Waals surface area contributed by atoms with Gasteiger partial charge in [-0.1, -0.05) is 43.3 Å². The van der Waals surface area contributed by atoms with E-state index in [2.05, 4.69) is 6.58 Å². The zero-order chi connectivity index (χ0) is 16.5. The summed E-state index contributed by atoms with van der Waals surface area (Å²) in [5, 5.41) is 0. The minimum Gasteiger partial charge on any atom is -0.312 e. The SMILES string of the molecule is C=CC(C)[C@]1(C)C(=O)N(CC(=O)c2ccccc2)C(=O)N1C. The van der Waals surface area contributed by atoms with Crippen LogP contribution in [0.2, 0.25) is 0 Å². The quantitative estimate of drug-likeness (QED) is 0.476. The fourth-order valence-corrected chi connectivity index (χ4v) is 2.61. The summed E-state index contributed by atoms with van der Waals surface area (Å²) < 4.78 is 0. The molecule has 1 aromatic rings. The zero-order valence-electron chi connectivity index (χ0n) is 13.1. The highest BCUT2D eigenvalue weighted by Crippen LogP contribution is 2.33. The molecule has 1 aliphatic heterocycles. The van der Waals surface area contributed by atoms with Gasteiger partial charge in [-0.15, -0.1) is 6.58 Å². The van der Waals surface area contributed by atoms with E-state index >= 15 is 0 Å². The lowest BCUT2D eigenvalue weighted by Gasteiger charge is -2.32. The molecule has 1 heterocycles. The third kappa shape index (κ3) is 2.32. The molecular weight excluding hydrogens is 280 g/mol. The largest absolute Gasteiger partial charge is 0.327 e. The zero-order valence-corrected chi connectivity index (χ0v) is 13.1. The molecule has 1 aliphatic rings. The van der Waals surface area contributed by atoms with Crippen LogP contribution in [0.4, 0.5) is 4.79 Å². The number of likely N-dealkylation sites (N-methyl/N-ethyl adjacent to an activating group) is 1. The molecule has 1 unspecified atom stereocenters. The number of Topliss-reactive ketones (excluding diaryl/α,β-unsaturated/α-hetero) is 1. The van der Waals surface area contributed by atoms with E-state index < -0.39 is 11.6 Å². The number of benzene rings is 1. The van der Waals surface area contributed by atoms with E-state index in [-0.39, 0.29) is 24.2 Å². The predicted octanol–water partition coefficient (Wildman–Crippen LogP) is 2.34. The van der Waals surface area contributed by atoms with E-state index in [9.17, 15) is 14.4 Å². The summed E-state index contributed by atoms with van der Waals surface area (Å²) in [4.78, 5) is 39.7. The van der Waals surface area contributed by atoms with Gasteiger partial charge in [0.2, 0.25) is 0 Å². The molecule has 0 radical (unpaired) electrons. The average molecular weight is 300 g/mol. The molecular formula is C17H20N2O3. The molecule has 2 atom stereocenters. The fourth-order valence-electron chi connectivity index (χ4n) is 2.61. The number of urea groups is 1. The lowest BCUT2D eigenvalue weighted by molar-refractivity contribution is -0.133. The second-order valence-electron chi connectivity index (χ2n) is 5.69. The van der Waals surface area contributed by atoms with Crippen LogP contribution < -0.4 is 0 Å². The van der Waals surface area contributed by atoms with Gasteiger partial charge in [0.15, 0.2) is 5.78 Å². The van der Waals surface area contributed by atoms with Crippen LogP contribution in [-0.4, -0.2) is 46.7 Å². The van der Waals surface area contributed by atoms with E-state index in [0.717, 1.165) is 4.90 Å². The van der Waals surface area contributed by atoms with Crippen molar-refractivity contribution in [3.63, 3.8) is 0 Å². The van der Waals surface area contributed by atoms with Gasteiger partial charge in [0.1, 0.15) is 5.54 Å². The van der Waals surface area contributed by atoms with E-state index in [1.54, 1.807) is 50.4 Å². The Morgan fingerprint density at radius 3 is 2.45 bits per heavy atom. The summed E-state index contributed by atoms with van der Waals surface area (Å²) in [5.74, 6) is -0.839. The molecule has 0 spiro atoms. The summed E-state index contributed by atoms with van der Waals surface area (Å²) >= 11 is 0. The van der Waals surface area contributed by atoms with Crippen molar-refractivity contribution in [1.82, 2.24) is 9.80 Å². The van der Waals surface area contributed by atoms with Crippen LogP contribution >= 0.6 is 0 Å².